The Morgan fingerprint density at radius 3 is 2.25 bits per heavy atom. The number of carbonyl (C=O) groups excluding carboxylic acids is 3. The molecule has 2 aromatic carbocycles. The first-order valence-corrected chi connectivity index (χ1v) is 11.4. The fraction of sp³-hybridized carbons (Fsp3) is 0.423. The molecule has 2 N–H and O–H groups in total. The number of aryl methyl sites for hydroxylation is 1. The highest BCUT2D eigenvalue weighted by Gasteiger charge is 2.34. The maximum atomic E-state index is 13.1. The molecule has 0 aromatic heterocycles. The first-order valence-electron chi connectivity index (χ1n) is 11.4. The molecule has 1 fully saturated rings. The summed E-state index contributed by atoms with van der Waals surface area (Å²) >= 11 is 0. The van der Waals surface area contributed by atoms with Crippen LogP contribution in [0.4, 0.5) is 0 Å². The lowest BCUT2D eigenvalue weighted by molar-refractivity contribution is -0.125. The number of hydrogen-bond acceptors (Lipinski definition) is 3. The summed E-state index contributed by atoms with van der Waals surface area (Å²) in [5, 5.41) is 6.00. The standard InChI is InChI=1S/C26H33N3O3/c1-4-19(3)27-25(31)23(28-24(30)22-12-8-9-18(2)17-22)20-13-15-29(16-14-20)26(32)21-10-6-5-7-11-21/h5-12,17,19-20,23H,4,13-16H2,1-3H3,(H,27,31)(H,28,30)/t19-,23+/m0/s1. The third kappa shape index (κ3) is 5.96. The van der Waals surface area contributed by atoms with Gasteiger partial charge in [0.05, 0.1) is 0 Å². The Morgan fingerprint density at radius 1 is 0.969 bits per heavy atom. The molecule has 0 bridgehead atoms. The van der Waals surface area contributed by atoms with Crippen LogP contribution in [0.15, 0.2) is 54.6 Å². The van der Waals surface area contributed by atoms with Crippen molar-refractivity contribution >= 4 is 17.7 Å². The van der Waals surface area contributed by atoms with Gasteiger partial charge in [-0.05, 0) is 63.3 Å². The van der Waals surface area contributed by atoms with Crippen LogP contribution in [0, 0.1) is 12.8 Å². The monoisotopic (exact) mass is 435 g/mol. The van der Waals surface area contributed by atoms with Crippen LogP contribution in [0.1, 0.15) is 59.4 Å². The summed E-state index contributed by atoms with van der Waals surface area (Å²) in [7, 11) is 0. The molecule has 0 radical (unpaired) electrons. The number of amides is 3. The molecule has 1 saturated heterocycles. The second-order valence-corrected chi connectivity index (χ2v) is 8.63. The normalized spacial score (nSPS) is 16.2. The third-order valence-corrected chi connectivity index (χ3v) is 6.17. The van der Waals surface area contributed by atoms with Crippen LogP contribution in [-0.2, 0) is 4.79 Å². The van der Waals surface area contributed by atoms with Gasteiger partial charge in [-0.3, -0.25) is 14.4 Å². The van der Waals surface area contributed by atoms with Crippen LogP contribution in [0.5, 0.6) is 0 Å². The Kier molecular flexibility index (Phi) is 8.03. The molecule has 6 heteroatoms. The zero-order valence-electron chi connectivity index (χ0n) is 19.1. The quantitative estimate of drug-likeness (QED) is 0.698. The molecule has 170 valence electrons. The average Bonchev–Trinajstić information content (AvgIpc) is 2.82. The molecule has 1 aliphatic heterocycles. The summed E-state index contributed by atoms with van der Waals surface area (Å²) in [5.74, 6) is -0.435. The first-order chi connectivity index (χ1) is 15.4. The lowest BCUT2D eigenvalue weighted by Crippen LogP contribution is -2.55. The van der Waals surface area contributed by atoms with E-state index in [1.807, 2.05) is 74.2 Å². The van der Waals surface area contributed by atoms with Crippen LogP contribution in [0.2, 0.25) is 0 Å². The van der Waals surface area contributed by atoms with Gasteiger partial charge in [0.1, 0.15) is 6.04 Å². The number of rotatable bonds is 7. The summed E-state index contributed by atoms with van der Waals surface area (Å²) in [6.45, 7) is 7.03. The molecule has 2 atom stereocenters. The summed E-state index contributed by atoms with van der Waals surface area (Å²) < 4.78 is 0. The van der Waals surface area contributed by atoms with Crippen molar-refractivity contribution in [2.75, 3.05) is 13.1 Å². The van der Waals surface area contributed by atoms with Crippen molar-refractivity contribution in [3.63, 3.8) is 0 Å². The van der Waals surface area contributed by atoms with Crippen LogP contribution in [0.3, 0.4) is 0 Å². The van der Waals surface area contributed by atoms with Gasteiger partial charge in [-0.2, -0.15) is 0 Å². The number of nitrogens with zero attached hydrogens (tertiary/aromatic N) is 1. The molecule has 1 aliphatic rings. The molecule has 3 rings (SSSR count). The Morgan fingerprint density at radius 2 is 1.62 bits per heavy atom. The maximum absolute atomic E-state index is 13.1. The van der Waals surface area contributed by atoms with E-state index in [2.05, 4.69) is 10.6 Å². The minimum absolute atomic E-state index is 0.00783. The van der Waals surface area contributed by atoms with Gasteiger partial charge < -0.3 is 15.5 Å². The van der Waals surface area contributed by atoms with Gasteiger partial charge in [-0.15, -0.1) is 0 Å². The Labute approximate surface area is 190 Å². The van der Waals surface area contributed by atoms with Crippen molar-refractivity contribution in [3.05, 3.63) is 71.3 Å². The molecular weight excluding hydrogens is 402 g/mol. The van der Waals surface area contributed by atoms with Gasteiger partial charge in [0.25, 0.3) is 11.8 Å². The number of nitrogens with one attached hydrogen (secondary N) is 2. The van der Waals surface area contributed by atoms with E-state index in [9.17, 15) is 14.4 Å². The average molecular weight is 436 g/mol. The number of piperidine rings is 1. The van der Waals surface area contributed by atoms with E-state index in [0.29, 0.717) is 37.1 Å². The SMILES string of the molecule is CC[C@H](C)NC(=O)[C@H](NC(=O)c1cccc(C)c1)C1CCN(C(=O)c2ccccc2)CC1. The molecule has 2 aromatic rings. The minimum Gasteiger partial charge on any atom is -0.352 e. The van der Waals surface area contributed by atoms with E-state index < -0.39 is 6.04 Å². The van der Waals surface area contributed by atoms with Gasteiger partial charge in [0.2, 0.25) is 5.91 Å². The Hall–Kier alpha value is -3.15. The lowest BCUT2D eigenvalue weighted by atomic mass is 9.88. The van der Waals surface area contributed by atoms with Crippen molar-refractivity contribution < 1.29 is 14.4 Å². The highest BCUT2D eigenvalue weighted by molar-refractivity contribution is 5.98. The number of hydrogen-bond donors (Lipinski definition) is 2. The molecule has 6 nitrogen and oxygen atoms in total. The predicted molar refractivity (Wildman–Crippen MR) is 125 cm³/mol. The van der Waals surface area contributed by atoms with Crippen LogP contribution in [-0.4, -0.2) is 47.8 Å². The molecule has 3 amide bonds. The van der Waals surface area contributed by atoms with E-state index in [1.165, 1.54) is 0 Å². The van der Waals surface area contributed by atoms with Crippen molar-refractivity contribution in [2.24, 2.45) is 5.92 Å². The van der Waals surface area contributed by atoms with Gasteiger partial charge in [0.15, 0.2) is 0 Å². The van der Waals surface area contributed by atoms with Crippen LogP contribution < -0.4 is 10.6 Å². The largest absolute Gasteiger partial charge is 0.352 e. The smallest absolute Gasteiger partial charge is 0.253 e. The summed E-state index contributed by atoms with van der Waals surface area (Å²) in [6.07, 6.45) is 2.13. The molecule has 32 heavy (non-hydrogen) atoms. The molecule has 0 saturated carbocycles. The van der Waals surface area contributed by atoms with Crippen LogP contribution in [0.25, 0.3) is 0 Å². The second-order valence-electron chi connectivity index (χ2n) is 8.63. The van der Waals surface area contributed by atoms with Crippen molar-refractivity contribution in [3.8, 4) is 0 Å². The van der Waals surface area contributed by atoms with Gasteiger partial charge in [0, 0.05) is 30.3 Å². The van der Waals surface area contributed by atoms with Crippen molar-refractivity contribution in [1.29, 1.82) is 0 Å². The minimum atomic E-state index is -0.633. The Balaban J connectivity index is 1.70. The van der Waals surface area contributed by atoms with E-state index in [-0.39, 0.29) is 29.7 Å². The molecular formula is C26H33N3O3. The predicted octanol–water partition coefficient (Wildman–Crippen LogP) is 3.56. The number of likely N-dealkylation sites (tertiary alicyclic amines) is 1. The van der Waals surface area contributed by atoms with Crippen molar-refractivity contribution in [1.82, 2.24) is 15.5 Å². The molecule has 0 aliphatic carbocycles. The summed E-state index contributed by atoms with van der Waals surface area (Å²) in [6, 6.07) is 16.0. The summed E-state index contributed by atoms with van der Waals surface area (Å²) in [5.41, 5.74) is 2.21. The molecule has 1 heterocycles. The fourth-order valence-electron chi connectivity index (χ4n) is 4.04. The zero-order valence-corrected chi connectivity index (χ0v) is 19.1. The van der Waals surface area contributed by atoms with E-state index >= 15 is 0 Å². The second kappa shape index (κ2) is 10.9. The van der Waals surface area contributed by atoms with Gasteiger partial charge >= 0.3 is 0 Å². The van der Waals surface area contributed by atoms with E-state index in [4.69, 9.17) is 0 Å². The zero-order chi connectivity index (χ0) is 23.1. The highest BCUT2D eigenvalue weighted by Crippen LogP contribution is 2.23. The topological polar surface area (TPSA) is 78.5 Å². The van der Waals surface area contributed by atoms with Crippen molar-refractivity contribution in [2.45, 2.75) is 52.1 Å². The summed E-state index contributed by atoms with van der Waals surface area (Å²) in [4.78, 5) is 40.6. The lowest BCUT2D eigenvalue weighted by Gasteiger charge is -2.36. The highest BCUT2D eigenvalue weighted by atomic mass is 16.2. The number of carbonyl (C=O) groups is 3. The maximum Gasteiger partial charge on any atom is 0.253 e. The Bertz CT molecular complexity index is 936. The first kappa shape index (κ1) is 23.5. The molecule has 0 spiro atoms. The van der Waals surface area contributed by atoms with Gasteiger partial charge in [-0.1, -0.05) is 42.8 Å². The third-order valence-electron chi connectivity index (χ3n) is 6.17. The fourth-order valence-corrected chi connectivity index (χ4v) is 4.04. The van der Waals surface area contributed by atoms with E-state index in [1.54, 1.807) is 6.07 Å². The number of benzene rings is 2. The van der Waals surface area contributed by atoms with E-state index in [0.717, 1.165) is 12.0 Å². The van der Waals surface area contributed by atoms with Crippen LogP contribution >= 0.6 is 0 Å². The molecule has 0 unspecified atom stereocenters. The van der Waals surface area contributed by atoms with Gasteiger partial charge in [-0.25, -0.2) is 0 Å².